The lowest BCUT2D eigenvalue weighted by molar-refractivity contribution is 0.0659. The number of aliphatic hydroxyl groups excluding tert-OH is 1. The molecule has 0 radical (unpaired) electrons. The summed E-state index contributed by atoms with van der Waals surface area (Å²) in [5.41, 5.74) is 2.52. The molecule has 1 aliphatic carbocycles. The van der Waals surface area contributed by atoms with Gasteiger partial charge in [0.1, 0.15) is 18.1 Å². The van der Waals surface area contributed by atoms with E-state index in [0.29, 0.717) is 17.0 Å². The molecule has 0 amide bonds. The van der Waals surface area contributed by atoms with Crippen LogP contribution >= 0.6 is 11.5 Å². The Morgan fingerprint density at radius 3 is 2.93 bits per heavy atom. The Balaban J connectivity index is 1.67. The molecule has 0 spiro atoms. The number of carbonyl (C=O) groups excluding carboxylic acids is 1. The summed E-state index contributed by atoms with van der Waals surface area (Å²) >= 11 is 1.27. The molecule has 4 rings (SSSR count). The summed E-state index contributed by atoms with van der Waals surface area (Å²) < 4.78 is 24.8. The van der Waals surface area contributed by atoms with Crippen molar-refractivity contribution in [2.75, 3.05) is 19.8 Å². The normalized spacial score (nSPS) is 14.0. The van der Waals surface area contributed by atoms with Gasteiger partial charge < -0.3 is 9.84 Å². The van der Waals surface area contributed by atoms with Crippen LogP contribution in [0.15, 0.2) is 30.6 Å². The van der Waals surface area contributed by atoms with Gasteiger partial charge in [-0.3, -0.25) is 9.78 Å². The van der Waals surface area contributed by atoms with E-state index in [9.17, 15) is 9.18 Å². The number of benzene rings is 1. The van der Waals surface area contributed by atoms with E-state index in [4.69, 9.17) is 9.84 Å². The smallest absolute Gasteiger partial charge is 0.207 e. The monoisotopic (exact) mass is 386 g/mol. The molecule has 27 heavy (non-hydrogen) atoms. The maximum atomic E-state index is 14.7. The first-order valence-corrected chi connectivity index (χ1v) is 9.67. The third-order valence-corrected chi connectivity index (χ3v) is 5.59. The van der Waals surface area contributed by atoms with Crippen LogP contribution in [0.5, 0.6) is 0 Å². The summed E-state index contributed by atoms with van der Waals surface area (Å²) in [7, 11) is 0. The van der Waals surface area contributed by atoms with Gasteiger partial charge in [-0.1, -0.05) is 12.1 Å². The van der Waals surface area contributed by atoms with Gasteiger partial charge in [-0.25, -0.2) is 4.39 Å². The Bertz CT molecular complexity index is 985. The Morgan fingerprint density at radius 1 is 1.33 bits per heavy atom. The van der Waals surface area contributed by atoms with Crippen LogP contribution in [0.4, 0.5) is 4.39 Å². The van der Waals surface area contributed by atoms with Crippen LogP contribution < -0.4 is 0 Å². The third-order valence-electron chi connectivity index (χ3n) is 4.72. The van der Waals surface area contributed by atoms with E-state index in [1.54, 1.807) is 24.5 Å². The molecule has 1 N–H and O–H groups in total. The molecule has 1 saturated carbocycles. The van der Waals surface area contributed by atoms with Crippen LogP contribution in [0.25, 0.3) is 10.1 Å². The van der Waals surface area contributed by atoms with Gasteiger partial charge in [-0.2, -0.15) is 4.37 Å². The zero-order valence-corrected chi connectivity index (χ0v) is 15.5. The van der Waals surface area contributed by atoms with Crippen LogP contribution in [0.2, 0.25) is 0 Å². The number of aromatic nitrogens is 2. The lowest BCUT2D eigenvalue weighted by Gasteiger charge is -2.11. The second-order valence-electron chi connectivity index (χ2n) is 6.70. The number of aliphatic hydroxyl groups is 1. The van der Waals surface area contributed by atoms with Crippen molar-refractivity contribution in [3.05, 3.63) is 58.8 Å². The van der Waals surface area contributed by atoms with E-state index in [1.165, 1.54) is 11.5 Å². The van der Waals surface area contributed by atoms with Crippen LogP contribution in [0, 0.1) is 5.82 Å². The Morgan fingerprint density at radius 2 is 2.19 bits per heavy atom. The van der Waals surface area contributed by atoms with Gasteiger partial charge in [0.25, 0.3) is 0 Å². The summed E-state index contributed by atoms with van der Waals surface area (Å²) in [4.78, 5) is 16.8. The third kappa shape index (κ3) is 3.90. The Hall–Kier alpha value is -2.22. The number of pyridine rings is 1. The minimum atomic E-state index is -0.288. The number of nitrogens with zero attached hydrogens (tertiary/aromatic N) is 2. The fourth-order valence-electron chi connectivity index (χ4n) is 3.16. The van der Waals surface area contributed by atoms with E-state index >= 15 is 0 Å². The number of ketones is 1. The van der Waals surface area contributed by atoms with Crippen molar-refractivity contribution in [1.29, 1.82) is 0 Å². The molecule has 0 atom stereocenters. The van der Waals surface area contributed by atoms with Crippen LogP contribution in [0.1, 0.15) is 45.9 Å². The average molecular weight is 386 g/mol. The molecule has 0 unspecified atom stereocenters. The zero-order chi connectivity index (χ0) is 18.8. The zero-order valence-electron chi connectivity index (χ0n) is 14.7. The molecule has 1 fully saturated rings. The number of Topliss-reactive ketones (excluding diaryl/α,β-unsaturated/α-hetero) is 1. The van der Waals surface area contributed by atoms with Crippen molar-refractivity contribution in [2.45, 2.75) is 25.2 Å². The van der Waals surface area contributed by atoms with Crippen LogP contribution in [0.3, 0.4) is 0 Å². The molecule has 5 nitrogen and oxygen atoms in total. The van der Waals surface area contributed by atoms with E-state index in [2.05, 4.69) is 9.36 Å². The molecular formula is C20H19FN2O3S. The van der Waals surface area contributed by atoms with Crippen molar-refractivity contribution in [1.82, 2.24) is 9.36 Å². The van der Waals surface area contributed by atoms with E-state index in [0.717, 1.165) is 28.5 Å². The molecule has 1 aromatic carbocycles. The fourth-order valence-corrected chi connectivity index (χ4v) is 3.92. The summed E-state index contributed by atoms with van der Waals surface area (Å²) in [6.07, 6.45) is 5.81. The summed E-state index contributed by atoms with van der Waals surface area (Å²) in [6.45, 7) is -0.241. The lowest BCUT2D eigenvalue weighted by atomic mass is 9.98. The summed E-state index contributed by atoms with van der Waals surface area (Å²) in [5, 5.41) is 9.64. The average Bonchev–Trinajstić information content (AvgIpc) is 3.40. The molecular weight excluding hydrogens is 367 g/mol. The largest absolute Gasteiger partial charge is 0.394 e. The topological polar surface area (TPSA) is 72.3 Å². The van der Waals surface area contributed by atoms with Gasteiger partial charge in [0.2, 0.25) is 5.78 Å². The Kier molecular flexibility index (Phi) is 5.24. The highest BCUT2D eigenvalue weighted by molar-refractivity contribution is 7.13. The first-order chi connectivity index (χ1) is 13.2. The second-order valence-corrected chi connectivity index (χ2v) is 7.50. The van der Waals surface area contributed by atoms with Crippen molar-refractivity contribution >= 4 is 27.4 Å². The minimum absolute atomic E-state index is 0.0845. The molecule has 2 aromatic heterocycles. The predicted molar refractivity (Wildman–Crippen MR) is 101 cm³/mol. The van der Waals surface area contributed by atoms with Gasteiger partial charge in [0.15, 0.2) is 0 Å². The first-order valence-electron chi connectivity index (χ1n) is 8.89. The van der Waals surface area contributed by atoms with Crippen LogP contribution in [-0.4, -0.2) is 40.1 Å². The van der Waals surface area contributed by atoms with Crippen molar-refractivity contribution in [2.24, 2.45) is 0 Å². The van der Waals surface area contributed by atoms with E-state index in [1.807, 2.05) is 6.07 Å². The fraction of sp³-hybridized carbons (Fsp3) is 0.350. The van der Waals surface area contributed by atoms with Crippen molar-refractivity contribution in [3.8, 4) is 0 Å². The number of ether oxygens (including phenoxy) is 1. The SMILES string of the molecule is O=C(COCCO)c1ncc2cnsc2c1Cc1ccc(C2CC2)cc1F. The molecule has 2 heterocycles. The maximum Gasteiger partial charge on any atom is 0.207 e. The van der Waals surface area contributed by atoms with Crippen molar-refractivity contribution in [3.63, 3.8) is 0 Å². The molecule has 7 heteroatoms. The van der Waals surface area contributed by atoms with E-state index < -0.39 is 0 Å². The predicted octanol–water partition coefficient (Wildman–Crippen LogP) is 3.49. The molecule has 0 aliphatic heterocycles. The van der Waals surface area contributed by atoms with Crippen molar-refractivity contribution < 1.29 is 19.0 Å². The first kappa shape index (κ1) is 18.2. The number of hydrogen-bond acceptors (Lipinski definition) is 6. The highest BCUT2D eigenvalue weighted by atomic mass is 32.1. The number of rotatable bonds is 8. The second kappa shape index (κ2) is 7.80. The van der Waals surface area contributed by atoms with Gasteiger partial charge in [-0.05, 0) is 47.5 Å². The van der Waals surface area contributed by atoms with Gasteiger partial charge in [0, 0.05) is 23.6 Å². The maximum absolute atomic E-state index is 14.7. The summed E-state index contributed by atoms with van der Waals surface area (Å²) in [6, 6.07) is 5.39. The lowest BCUT2D eigenvalue weighted by Crippen LogP contribution is -2.15. The van der Waals surface area contributed by atoms with Gasteiger partial charge in [0.05, 0.1) is 24.1 Å². The van der Waals surface area contributed by atoms with Crippen LogP contribution in [-0.2, 0) is 11.2 Å². The number of carbonyl (C=O) groups is 1. The summed E-state index contributed by atoms with van der Waals surface area (Å²) in [5.74, 6) is -0.0550. The Labute approximate surface area is 160 Å². The van der Waals surface area contributed by atoms with E-state index in [-0.39, 0.29) is 43.5 Å². The molecule has 140 valence electrons. The molecule has 0 bridgehead atoms. The highest BCUT2D eigenvalue weighted by Gasteiger charge is 2.25. The standard InChI is InChI=1S/C20H19FN2O3S/c21-17-8-13(12-1-2-12)3-4-14(17)7-16-19(18(25)11-26-6-5-24)22-9-15-10-23-27-20(15)16/h3-4,8-10,12,24H,1-2,5-7,11H2. The highest BCUT2D eigenvalue weighted by Crippen LogP contribution is 2.40. The molecule has 1 aliphatic rings. The van der Waals surface area contributed by atoms with Gasteiger partial charge in [-0.15, -0.1) is 0 Å². The number of hydrogen-bond donors (Lipinski definition) is 1. The molecule has 0 saturated heterocycles. The number of halogens is 1. The quantitative estimate of drug-likeness (QED) is 0.474. The van der Waals surface area contributed by atoms with Gasteiger partial charge >= 0.3 is 0 Å². The molecule has 3 aromatic rings. The minimum Gasteiger partial charge on any atom is -0.394 e. The number of fused-ring (bicyclic) bond motifs is 1.